The van der Waals surface area contributed by atoms with Crippen LogP contribution in [0.4, 0.5) is 0 Å². The minimum atomic E-state index is -0.499. The minimum Gasteiger partial charge on any atom is -0.508 e. The fourth-order valence-electron chi connectivity index (χ4n) is 1.84. The average Bonchev–Trinajstić information content (AvgIpc) is 2.58. The number of likely N-dealkylation sites (tertiary alicyclic amines) is 1. The van der Waals surface area contributed by atoms with Crippen LogP contribution in [0.2, 0.25) is 0 Å². The largest absolute Gasteiger partial charge is 0.508 e. The van der Waals surface area contributed by atoms with Crippen LogP contribution in [0, 0.1) is 0 Å². The smallest absolute Gasteiger partial charge is 0.246 e. The Labute approximate surface area is 113 Å². The zero-order valence-electron chi connectivity index (χ0n) is 9.81. The number of likely N-dealkylation sites (N-methyl/N-ethyl adjacent to an activating group) is 1. The van der Waals surface area contributed by atoms with Gasteiger partial charge in [0.2, 0.25) is 11.8 Å². The van der Waals surface area contributed by atoms with Crippen LogP contribution in [0.15, 0.2) is 22.7 Å². The molecule has 1 aliphatic heterocycles. The van der Waals surface area contributed by atoms with Crippen LogP contribution >= 0.6 is 15.9 Å². The third kappa shape index (κ3) is 2.54. The summed E-state index contributed by atoms with van der Waals surface area (Å²) in [4.78, 5) is 24.1. The van der Waals surface area contributed by atoms with Gasteiger partial charge in [-0.15, -0.1) is 0 Å². The fourth-order valence-corrected chi connectivity index (χ4v) is 2.25. The highest BCUT2D eigenvalue weighted by atomic mass is 79.9. The molecule has 1 atom stereocenters. The third-order valence-corrected chi connectivity index (χ3v) is 3.46. The van der Waals surface area contributed by atoms with E-state index < -0.39 is 6.04 Å². The molecule has 0 spiro atoms. The number of nitrogens with zero attached hydrogens (tertiary/aromatic N) is 1. The van der Waals surface area contributed by atoms with E-state index in [0.29, 0.717) is 12.1 Å². The van der Waals surface area contributed by atoms with Gasteiger partial charge in [0.15, 0.2) is 0 Å². The van der Waals surface area contributed by atoms with E-state index in [1.54, 1.807) is 18.2 Å². The number of imide groups is 1. The Bertz CT molecular complexity index is 504. The van der Waals surface area contributed by atoms with Crippen LogP contribution < -0.4 is 5.32 Å². The standard InChI is InChI=1S/C12H13BrN2O3/c1-15-11(17)5-9(12(15)18)14-6-7-4-8(13)2-3-10(7)16/h2-4,9,14,16H,5-6H2,1H3. The normalized spacial score (nSPS) is 19.7. The molecule has 1 heterocycles. The summed E-state index contributed by atoms with van der Waals surface area (Å²) >= 11 is 3.31. The van der Waals surface area contributed by atoms with Gasteiger partial charge in [-0.2, -0.15) is 0 Å². The zero-order valence-corrected chi connectivity index (χ0v) is 11.4. The van der Waals surface area contributed by atoms with Gasteiger partial charge in [-0.05, 0) is 18.2 Å². The fraction of sp³-hybridized carbons (Fsp3) is 0.333. The number of carbonyl (C=O) groups excluding carboxylic acids is 2. The predicted octanol–water partition coefficient (Wildman–Crippen LogP) is 1.00. The molecule has 0 saturated carbocycles. The van der Waals surface area contributed by atoms with Gasteiger partial charge in [0.1, 0.15) is 5.75 Å². The second-order valence-corrected chi connectivity index (χ2v) is 5.12. The number of benzene rings is 1. The van der Waals surface area contributed by atoms with Crippen molar-refractivity contribution in [2.45, 2.75) is 19.0 Å². The van der Waals surface area contributed by atoms with Crippen molar-refractivity contribution in [3.8, 4) is 5.75 Å². The average molecular weight is 313 g/mol. The molecular weight excluding hydrogens is 300 g/mol. The number of phenols is 1. The summed E-state index contributed by atoms with van der Waals surface area (Å²) in [5.74, 6) is -0.249. The molecule has 0 aromatic heterocycles. The Morgan fingerprint density at radius 1 is 1.50 bits per heavy atom. The van der Waals surface area contributed by atoms with Crippen molar-refractivity contribution in [2.75, 3.05) is 7.05 Å². The van der Waals surface area contributed by atoms with Crippen LogP contribution in [-0.4, -0.2) is 34.9 Å². The first kappa shape index (κ1) is 13.0. The molecule has 0 radical (unpaired) electrons. The molecule has 1 fully saturated rings. The number of hydrogen-bond donors (Lipinski definition) is 2. The first-order valence-electron chi connectivity index (χ1n) is 5.50. The van der Waals surface area contributed by atoms with Crippen molar-refractivity contribution in [3.05, 3.63) is 28.2 Å². The number of carbonyl (C=O) groups is 2. The second kappa shape index (κ2) is 5.07. The monoisotopic (exact) mass is 312 g/mol. The van der Waals surface area contributed by atoms with Crippen LogP contribution in [0.3, 0.4) is 0 Å². The van der Waals surface area contributed by atoms with Gasteiger partial charge in [-0.3, -0.25) is 14.5 Å². The Morgan fingerprint density at radius 2 is 2.22 bits per heavy atom. The highest BCUT2D eigenvalue weighted by Crippen LogP contribution is 2.22. The molecule has 1 aromatic carbocycles. The summed E-state index contributed by atoms with van der Waals surface area (Å²) in [6.07, 6.45) is 0.171. The first-order chi connectivity index (χ1) is 8.49. The Morgan fingerprint density at radius 3 is 2.83 bits per heavy atom. The molecule has 1 aliphatic rings. The second-order valence-electron chi connectivity index (χ2n) is 4.20. The highest BCUT2D eigenvalue weighted by molar-refractivity contribution is 9.10. The van der Waals surface area contributed by atoms with E-state index in [4.69, 9.17) is 0 Å². The maximum absolute atomic E-state index is 11.7. The van der Waals surface area contributed by atoms with E-state index in [-0.39, 0.29) is 24.0 Å². The molecule has 2 N–H and O–H groups in total. The van der Waals surface area contributed by atoms with Gasteiger partial charge in [-0.25, -0.2) is 0 Å². The lowest BCUT2D eigenvalue weighted by molar-refractivity contribution is -0.137. The molecule has 96 valence electrons. The Kier molecular flexibility index (Phi) is 3.68. The maximum atomic E-state index is 11.7. The summed E-state index contributed by atoms with van der Waals surface area (Å²) in [6, 6.07) is 4.58. The van der Waals surface area contributed by atoms with Gasteiger partial charge in [0.25, 0.3) is 0 Å². The lowest BCUT2D eigenvalue weighted by atomic mass is 10.1. The molecule has 0 bridgehead atoms. The summed E-state index contributed by atoms with van der Waals surface area (Å²) in [6.45, 7) is 0.336. The molecule has 2 rings (SSSR count). The van der Waals surface area contributed by atoms with E-state index in [1.807, 2.05) is 0 Å². The number of aromatic hydroxyl groups is 1. The predicted molar refractivity (Wildman–Crippen MR) is 68.8 cm³/mol. The van der Waals surface area contributed by atoms with Crippen molar-refractivity contribution < 1.29 is 14.7 Å². The van der Waals surface area contributed by atoms with Crippen molar-refractivity contribution >= 4 is 27.7 Å². The maximum Gasteiger partial charge on any atom is 0.246 e. The lowest BCUT2D eigenvalue weighted by Crippen LogP contribution is -2.36. The number of halogens is 1. The third-order valence-electron chi connectivity index (χ3n) is 2.96. The number of amides is 2. The van der Waals surface area contributed by atoms with Crippen molar-refractivity contribution in [1.82, 2.24) is 10.2 Å². The van der Waals surface area contributed by atoms with Crippen molar-refractivity contribution in [3.63, 3.8) is 0 Å². The van der Waals surface area contributed by atoms with E-state index in [1.165, 1.54) is 7.05 Å². The number of hydrogen-bond acceptors (Lipinski definition) is 4. The van der Waals surface area contributed by atoms with E-state index in [0.717, 1.165) is 9.37 Å². The first-order valence-corrected chi connectivity index (χ1v) is 6.29. The summed E-state index contributed by atoms with van der Waals surface area (Å²) in [5, 5.41) is 12.6. The molecule has 1 unspecified atom stereocenters. The van der Waals surface area contributed by atoms with E-state index in [2.05, 4.69) is 21.2 Å². The van der Waals surface area contributed by atoms with Gasteiger partial charge in [-0.1, -0.05) is 15.9 Å². The van der Waals surface area contributed by atoms with Crippen LogP contribution in [-0.2, 0) is 16.1 Å². The van der Waals surface area contributed by atoms with Gasteiger partial charge in [0.05, 0.1) is 12.5 Å². The summed E-state index contributed by atoms with van der Waals surface area (Å²) in [5.41, 5.74) is 0.680. The molecular formula is C12H13BrN2O3. The molecule has 2 amide bonds. The molecule has 0 aliphatic carbocycles. The molecule has 5 nitrogen and oxygen atoms in total. The van der Waals surface area contributed by atoms with Gasteiger partial charge < -0.3 is 10.4 Å². The van der Waals surface area contributed by atoms with Gasteiger partial charge >= 0.3 is 0 Å². The number of phenolic OH excluding ortho intramolecular Hbond substituents is 1. The zero-order chi connectivity index (χ0) is 13.3. The van der Waals surface area contributed by atoms with Crippen LogP contribution in [0.25, 0.3) is 0 Å². The molecule has 18 heavy (non-hydrogen) atoms. The Hall–Kier alpha value is -1.40. The van der Waals surface area contributed by atoms with Crippen molar-refractivity contribution in [2.24, 2.45) is 0 Å². The highest BCUT2D eigenvalue weighted by Gasteiger charge is 2.35. The molecule has 6 heteroatoms. The topological polar surface area (TPSA) is 69.6 Å². The van der Waals surface area contributed by atoms with Gasteiger partial charge in [0, 0.05) is 23.6 Å². The number of rotatable bonds is 3. The molecule has 1 saturated heterocycles. The summed E-state index contributed by atoms with van der Waals surface area (Å²) < 4.78 is 0.850. The molecule has 1 aromatic rings. The van der Waals surface area contributed by atoms with Crippen molar-refractivity contribution in [1.29, 1.82) is 0 Å². The number of nitrogens with one attached hydrogen (secondary N) is 1. The quantitative estimate of drug-likeness (QED) is 0.817. The minimum absolute atomic E-state index is 0.163. The lowest BCUT2D eigenvalue weighted by Gasteiger charge is -2.12. The SMILES string of the molecule is CN1C(=O)CC(NCc2cc(Br)ccc2O)C1=O. The van der Waals surface area contributed by atoms with Crippen LogP contribution in [0.1, 0.15) is 12.0 Å². The Balaban J connectivity index is 2.02. The van der Waals surface area contributed by atoms with E-state index in [9.17, 15) is 14.7 Å². The summed E-state index contributed by atoms with van der Waals surface area (Å²) in [7, 11) is 1.48. The van der Waals surface area contributed by atoms with Crippen LogP contribution in [0.5, 0.6) is 5.75 Å². The van der Waals surface area contributed by atoms with E-state index >= 15 is 0 Å².